The van der Waals surface area contributed by atoms with Gasteiger partial charge in [-0.05, 0) is 110 Å². The van der Waals surface area contributed by atoms with Crippen LogP contribution in [0.25, 0.3) is 0 Å². The zero-order chi connectivity index (χ0) is 21.2. The van der Waals surface area contributed by atoms with Crippen molar-refractivity contribution in [2.24, 2.45) is 34.5 Å². The topological polar surface area (TPSA) is 18.5 Å². The van der Waals surface area contributed by atoms with E-state index < -0.39 is 8.32 Å². The maximum atomic E-state index is 6.91. The summed E-state index contributed by atoms with van der Waals surface area (Å²) in [5, 5.41) is 0.319. The Balaban J connectivity index is 1.47. The second kappa shape index (κ2) is 7.34. The molecule has 0 amide bonds. The van der Waals surface area contributed by atoms with E-state index in [1.807, 2.05) is 7.11 Å². The van der Waals surface area contributed by atoms with Crippen LogP contribution in [0.3, 0.4) is 0 Å². The molecule has 0 saturated heterocycles. The molecule has 0 aliphatic heterocycles. The van der Waals surface area contributed by atoms with Crippen molar-refractivity contribution in [3.05, 3.63) is 0 Å². The molecule has 4 rings (SSSR count). The average Bonchev–Trinajstić information content (AvgIpc) is 2.97. The lowest BCUT2D eigenvalue weighted by Gasteiger charge is -2.61. The summed E-state index contributed by atoms with van der Waals surface area (Å²) < 4.78 is 12.9. The van der Waals surface area contributed by atoms with Gasteiger partial charge in [0.2, 0.25) is 0 Å². The molecule has 0 aromatic heterocycles. The van der Waals surface area contributed by atoms with E-state index in [0.717, 1.165) is 23.7 Å². The fourth-order valence-corrected chi connectivity index (χ4v) is 9.66. The molecule has 0 aromatic carbocycles. The molecule has 0 bridgehead atoms. The van der Waals surface area contributed by atoms with Gasteiger partial charge in [-0.1, -0.05) is 34.6 Å². The molecular weight excluding hydrogens is 372 g/mol. The molecule has 5 unspecified atom stereocenters. The Hall–Kier alpha value is 0.137. The van der Waals surface area contributed by atoms with Crippen LogP contribution < -0.4 is 0 Å². The Morgan fingerprint density at radius 1 is 0.828 bits per heavy atom. The maximum absolute atomic E-state index is 6.91. The Labute approximate surface area is 182 Å². The van der Waals surface area contributed by atoms with Crippen molar-refractivity contribution in [1.82, 2.24) is 0 Å². The maximum Gasteiger partial charge on any atom is 0.192 e. The normalized spacial score (nSPS) is 48.0. The van der Waals surface area contributed by atoms with E-state index in [0.29, 0.717) is 28.1 Å². The zero-order valence-corrected chi connectivity index (χ0v) is 21.6. The molecule has 0 radical (unpaired) electrons. The molecular formula is C26H48O2Si. The van der Waals surface area contributed by atoms with Crippen molar-refractivity contribution in [3.63, 3.8) is 0 Å². The second-order valence-corrected chi connectivity index (χ2v) is 18.0. The summed E-state index contributed by atoms with van der Waals surface area (Å²) in [4.78, 5) is 0. The highest BCUT2D eigenvalue weighted by Crippen LogP contribution is 2.66. The molecule has 0 aromatic rings. The Morgan fingerprint density at radius 2 is 1.48 bits per heavy atom. The molecule has 0 heterocycles. The summed E-state index contributed by atoms with van der Waals surface area (Å²) in [5.41, 5.74) is 1.00. The molecule has 29 heavy (non-hydrogen) atoms. The number of hydrogen-bond acceptors (Lipinski definition) is 2. The van der Waals surface area contributed by atoms with Gasteiger partial charge in [-0.3, -0.25) is 0 Å². The van der Waals surface area contributed by atoms with E-state index in [-0.39, 0.29) is 0 Å². The molecule has 4 aliphatic carbocycles. The monoisotopic (exact) mass is 420 g/mol. The van der Waals surface area contributed by atoms with Crippen molar-refractivity contribution < 1.29 is 9.16 Å². The second-order valence-electron chi connectivity index (χ2n) is 13.3. The van der Waals surface area contributed by atoms with Crippen LogP contribution in [0.15, 0.2) is 0 Å². The van der Waals surface area contributed by atoms with Crippen LogP contribution in [0.5, 0.6) is 0 Å². The third kappa shape index (κ3) is 3.50. The van der Waals surface area contributed by atoms with Crippen LogP contribution in [0.2, 0.25) is 18.1 Å². The zero-order valence-electron chi connectivity index (χ0n) is 20.6. The van der Waals surface area contributed by atoms with E-state index in [1.165, 1.54) is 57.8 Å². The van der Waals surface area contributed by atoms with Crippen LogP contribution in [0.1, 0.15) is 92.4 Å². The highest BCUT2D eigenvalue weighted by molar-refractivity contribution is 6.74. The smallest absolute Gasteiger partial charge is 0.192 e. The van der Waals surface area contributed by atoms with Crippen molar-refractivity contribution in [3.8, 4) is 0 Å². The SMILES string of the molecule is COC1CCC2C3CCC4C[C@@H](O[Si](C)(C)C(C)(C)C)CC[C@]4(C)C3CC[C@]12C. The Kier molecular flexibility index (Phi) is 5.65. The predicted octanol–water partition coefficient (Wildman–Crippen LogP) is 7.43. The first kappa shape index (κ1) is 22.3. The van der Waals surface area contributed by atoms with Crippen LogP contribution in [0.4, 0.5) is 0 Å². The van der Waals surface area contributed by atoms with Gasteiger partial charge in [-0.25, -0.2) is 0 Å². The van der Waals surface area contributed by atoms with E-state index in [9.17, 15) is 0 Å². The highest BCUT2D eigenvalue weighted by Gasteiger charge is 2.60. The highest BCUT2D eigenvalue weighted by atomic mass is 28.4. The number of ether oxygens (including phenoxy) is 1. The third-order valence-corrected chi connectivity index (χ3v) is 15.6. The van der Waals surface area contributed by atoms with E-state index in [1.54, 1.807) is 0 Å². The molecule has 3 heteroatoms. The Bertz CT molecular complexity index is 610. The van der Waals surface area contributed by atoms with Crippen LogP contribution in [-0.2, 0) is 9.16 Å². The molecule has 0 spiro atoms. The van der Waals surface area contributed by atoms with Gasteiger partial charge in [0, 0.05) is 13.2 Å². The average molecular weight is 421 g/mol. The summed E-state index contributed by atoms with van der Waals surface area (Å²) in [7, 11) is 0.290. The predicted molar refractivity (Wildman–Crippen MR) is 125 cm³/mol. The molecule has 4 fully saturated rings. The number of rotatable bonds is 3. The van der Waals surface area contributed by atoms with Gasteiger partial charge in [-0.2, -0.15) is 0 Å². The van der Waals surface area contributed by atoms with Gasteiger partial charge in [0.05, 0.1) is 6.10 Å². The minimum atomic E-state index is -1.66. The molecule has 2 nitrogen and oxygen atoms in total. The molecule has 4 saturated carbocycles. The molecule has 4 aliphatic rings. The summed E-state index contributed by atoms with van der Waals surface area (Å²) in [6, 6.07) is 0. The lowest BCUT2D eigenvalue weighted by molar-refractivity contribution is -0.136. The summed E-state index contributed by atoms with van der Waals surface area (Å²) >= 11 is 0. The van der Waals surface area contributed by atoms with Gasteiger partial charge in [0.15, 0.2) is 8.32 Å². The lowest BCUT2D eigenvalue weighted by atomic mass is 9.45. The van der Waals surface area contributed by atoms with Crippen molar-refractivity contribution in [2.75, 3.05) is 7.11 Å². The van der Waals surface area contributed by atoms with E-state index in [2.05, 4.69) is 47.7 Å². The van der Waals surface area contributed by atoms with Crippen molar-refractivity contribution in [1.29, 1.82) is 0 Å². The third-order valence-electron chi connectivity index (χ3n) is 11.1. The van der Waals surface area contributed by atoms with Gasteiger partial charge < -0.3 is 9.16 Å². The first-order chi connectivity index (χ1) is 13.4. The summed E-state index contributed by atoms with van der Waals surface area (Å²) in [5.74, 6) is 3.69. The number of fused-ring (bicyclic) bond motifs is 5. The van der Waals surface area contributed by atoms with Gasteiger partial charge in [0.25, 0.3) is 0 Å². The standard InChI is InChI=1S/C26H48O2Si/c1-24(2,3)29(7,8)28-19-13-15-25(4)18(17-19)9-10-20-21-11-12-23(27-6)26(21,5)16-14-22(20)25/h18-23H,9-17H2,1-8H3/t18?,19-,20?,21?,22?,23?,25-,26-/m0/s1. The molecule has 168 valence electrons. The molecule has 8 atom stereocenters. The minimum absolute atomic E-state index is 0.319. The lowest BCUT2D eigenvalue weighted by Crippen LogP contribution is -2.55. The summed E-state index contributed by atoms with van der Waals surface area (Å²) in [6.07, 6.45) is 13.5. The molecule has 0 N–H and O–H groups in total. The van der Waals surface area contributed by atoms with Crippen LogP contribution in [-0.4, -0.2) is 27.6 Å². The first-order valence-electron chi connectivity index (χ1n) is 12.6. The van der Waals surface area contributed by atoms with E-state index in [4.69, 9.17) is 9.16 Å². The fraction of sp³-hybridized carbons (Fsp3) is 1.00. The largest absolute Gasteiger partial charge is 0.414 e. The Morgan fingerprint density at radius 3 is 2.14 bits per heavy atom. The van der Waals surface area contributed by atoms with Crippen LogP contribution in [0, 0.1) is 34.5 Å². The van der Waals surface area contributed by atoms with Gasteiger partial charge in [0.1, 0.15) is 0 Å². The minimum Gasteiger partial charge on any atom is -0.414 e. The number of hydrogen-bond donors (Lipinski definition) is 0. The van der Waals surface area contributed by atoms with Gasteiger partial charge >= 0.3 is 0 Å². The quantitative estimate of drug-likeness (QED) is 0.442. The van der Waals surface area contributed by atoms with E-state index >= 15 is 0 Å². The summed E-state index contributed by atoms with van der Waals surface area (Å²) in [6.45, 7) is 17.3. The van der Waals surface area contributed by atoms with Gasteiger partial charge in [-0.15, -0.1) is 0 Å². The van der Waals surface area contributed by atoms with Crippen molar-refractivity contribution >= 4 is 8.32 Å². The van der Waals surface area contributed by atoms with Crippen molar-refractivity contribution in [2.45, 2.75) is 123 Å². The van der Waals surface area contributed by atoms with Crippen LogP contribution >= 0.6 is 0 Å². The number of methoxy groups -OCH3 is 1. The fourth-order valence-electron chi connectivity index (χ4n) is 8.26. The first-order valence-corrected chi connectivity index (χ1v) is 15.5.